The number of para-hydroxylation sites is 1. The first-order valence-corrected chi connectivity index (χ1v) is 11.0. The van der Waals surface area contributed by atoms with Gasteiger partial charge >= 0.3 is 0 Å². The molecule has 1 heterocycles. The monoisotopic (exact) mass is 516 g/mol. The molecular formula is C23H22Br2N2O2. The molecule has 2 N–H and O–H groups in total. The first-order valence-electron chi connectivity index (χ1n) is 9.41. The van der Waals surface area contributed by atoms with Gasteiger partial charge in [-0.05, 0) is 48.9 Å². The van der Waals surface area contributed by atoms with Crippen LogP contribution in [0.4, 0.5) is 5.69 Å². The van der Waals surface area contributed by atoms with Gasteiger partial charge in [-0.25, -0.2) is 0 Å². The van der Waals surface area contributed by atoms with E-state index in [1.54, 1.807) is 7.11 Å². The van der Waals surface area contributed by atoms with Crippen molar-refractivity contribution < 1.29 is 9.84 Å². The molecule has 4 rings (SSSR count). The summed E-state index contributed by atoms with van der Waals surface area (Å²) >= 11 is 7.26. The number of anilines is 1. The second kappa shape index (κ2) is 8.38. The minimum absolute atomic E-state index is 0.457. The van der Waals surface area contributed by atoms with E-state index in [1.807, 2.05) is 42.5 Å². The lowest BCUT2D eigenvalue weighted by Crippen LogP contribution is -2.24. The third-order valence-corrected chi connectivity index (χ3v) is 6.50. The molecule has 0 bridgehead atoms. The Hall–Kier alpha value is -2.02. The van der Waals surface area contributed by atoms with Crippen molar-refractivity contribution in [1.29, 1.82) is 0 Å². The number of halogens is 2. The first kappa shape index (κ1) is 20.3. The molecule has 1 unspecified atom stereocenters. The van der Waals surface area contributed by atoms with Crippen LogP contribution >= 0.6 is 31.9 Å². The Labute approximate surface area is 186 Å². The average Bonchev–Trinajstić information content (AvgIpc) is 3.03. The zero-order chi connectivity index (χ0) is 20.5. The fourth-order valence-electron chi connectivity index (χ4n) is 3.79. The highest BCUT2D eigenvalue weighted by molar-refractivity contribution is 9.10. The second-order valence-electron chi connectivity index (χ2n) is 7.08. The Morgan fingerprint density at radius 3 is 2.59 bits per heavy atom. The van der Waals surface area contributed by atoms with E-state index in [4.69, 9.17) is 4.74 Å². The fourth-order valence-corrected chi connectivity index (χ4v) is 4.55. The second-order valence-corrected chi connectivity index (χ2v) is 8.85. The summed E-state index contributed by atoms with van der Waals surface area (Å²) in [6.07, 6.45) is -0.564. The number of fused-ring (bicyclic) bond motifs is 3. The number of aliphatic hydroxyl groups excluding tert-OH is 1. The molecule has 1 aromatic heterocycles. The van der Waals surface area contributed by atoms with E-state index < -0.39 is 6.10 Å². The van der Waals surface area contributed by atoms with E-state index in [2.05, 4.69) is 60.8 Å². The van der Waals surface area contributed by atoms with Crippen molar-refractivity contribution >= 4 is 59.4 Å². The van der Waals surface area contributed by atoms with Gasteiger partial charge in [0.05, 0.1) is 25.3 Å². The lowest BCUT2D eigenvalue weighted by Gasteiger charge is -2.17. The third-order valence-electron chi connectivity index (χ3n) is 5.18. The lowest BCUT2D eigenvalue weighted by molar-refractivity contribution is 0.169. The van der Waals surface area contributed by atoms with Gasteiger partial charge in [0.25, 0.3) is 0 Å². The number of rotatable bonds is 6. The third kappa shape index (κ3) is 3.89. The minimum atomic E-state index is -0.564. The van der Waals surface area contributed by atoms with Crippen molar-refractivity contribution in [2.75, 3.05) is 19.0 Å². The molecular weight excluding hydrogens is 496 g/mol. The fraction of sp³-hybridized carbons (Fsp3) is 0.217. The van der Waals surface area contributed by atoms with Crippen molar-refractivity contribution in [3.63, 3.8) is 0 Å². The number of aryl methyl sites for hydroxylation is 1. The van der Waals surface area contributed by atoms with Crippen LogP contribution in [-0.4, -0.2) is 29.4 Å². The summed E-state index contributed by atoms with van der Waals surface area (Å²) in [6, 6.07) is 18.2. The molecule has 0 radical (unpaired) electrons. The Balaban J connectivity index is 1.79. The molecule has 1 atom stereocenters. The molecule has 150 valence electrons. The standard InChI is InChI=1S/C23H22Br2N2O2/c1-14-19(25)11-21(29-2)23-22(14)18-10-15(24)8-9-20(18)27(23)13-17(28)12-26-16-6-4-3-5-7-16/h3-11,17,26,28H,12-13H2,1-2H3. The van der Waals surface area contributed by atoms with Crippen LogP contribution < -0.4 is 10.1 Å². The molecule has 0 aliphatic heterocycles. The smallest absolute Gasteiger partial charge is 0.144 e. The van der Waals surface area contributed by atoms with Gasteiger partial charge in [0.15, 0.2) is 0 Å². The summed E-state index contributed by atoms with van der Waals surface area (Å²) < 4.78 is 9.90. The van der Waals surface area contributed by atoms with Crippen LogP contribution in [0.5, 0.6) is 5.75 Å². The molecule has 4 aromatic rings. The van der Waals surface area contributed by atoms with E-state index in [1.165, 1.54) is 0 Å². The van der Waals surface area contributed by atoms with Gasteiger partial charge in [-0.3, -0.25) is 0 Å². The van der Waals surface area contributed by atoms with Crippen LogP contribution in [0, 0.1) is 6.92 Å². The van der Waals surface area contributed by atoms with Crippen molar-refractivity contribution in [1.82, 2.24) is 4.57 Å². The minimum Gasteiger partial charge on any atom is -0.495 e. The van der Waals surface area contributed by atoms with Gasteiger partial charge in [0, 0.05) is 37.5 Å². The number of benzene rings is 3. The molecule has 0 fully saturated rings. The van der Waals surface area contributed by atoms with E-state index in [0.717, 1.165) is 47.8 Å². The van der Waals surface area contributed by atoms with Gasteiger partial charge in [-0.2, -0.15) is 0 Å². The molecule has 0 aliphatic rings. The Bertz CT molecular complexity index is 1170. The van der Waals surface area contributed by atoms with Crippen molar-refractivity contribution in [2.45, 2.75) is 19.6 Å². The van der Waals surface area contributed by atoms with Gasteiger partial charge in [0.2, 0.25) is 0 Å². The summed E-state index contributed by atoms with van der Waals surface area (Å²) in [5.41, 5.74) is 4.22. The molecule has 6 heteroatoms. The largest absolute Gasteiger partial charge is 0.495 e. The number of nitrogens with zero attached hydrogens (tertiary/aromatic N) is 1. The maximum absolute atomic E-state index is 10.8. The first-order chi connectivity index (χ1) is 14.0. The maximum Gasteiger partial charge on any atom is 0.144 e. The van der Waals surface area contributed by atoms with Gasteiger partial charge < -0.3 is 19.7 Å². The Morgan fingerprint density at radius 1 is 1.10 bits per heavy atom. The lowest BCUT2D eigenvalue weighted by atomic mass is 10.1. The summed E-state index contributed by atoms with van der Waals surface area (Å²) in [5, 5.41) is 16.4. The van der Waals surface area contributed by atoms with Crippen LogP contribution in [0.15, 0.2) is 63.5 Å². The number of methoxy groups -OCH3 is 1. The average molecular weight is 518 g/mol. The number of aromatic nitrogens is 1. The Kier molecular flexibility index (Phi) is 5.86. The number of aliphatic hydroxyl groups is 1. The molecule has 0 spiro atoms. The zero-order valence-corrected chi connectivity index (χ0v) is 19.4. The van der Waals surface area contributed by atoms with E-state index in [9.17, 15) is 5.11 Å². The quantitative estimate of drug-likeness (QED) is 0.324. The molecule has 0 saturated heterocycles. The highest BCUT2D eigenvalue weighted by atomic mass is 79.9. The molecule has 29 heavy (non-hydrogen) atoms. The van der Waals surface area contributed by atoms with Crippen molar-refractivity contribution in [2.24, 2.45) is 0 Å². The Morgan fingerprint density at radius 2 is 1.86 bits per heavy atom. The molecule has 0 aliphatic carbocycles. The van der Waals surface area contributed by atoms with Gasteiger partial charge in [-0.15, -0.1) is 0 Å². The number of nitrogens with one attached hydrogen (secondary N) is 1. The van der Waals surface area contributed by atoms with Crippen molar-refractivity contribution in [3.05, 3.63) is 69.1 Å². The van der Waals surface area contributed by atoms with E-state index in [-0.39, 0.29) is 0 Å². The normalized spacial score (nSPS) is 12.4. The van der Waals surface area contributed by atoms with Crippen LogP contribution in [0.2, 0.25) is 0 Å². The van der Waals surface area contributed by atoms with Crippen LogP contribution in [-0.2, 0) is 6.54 Å². The maximum atomic E-state index is 10.8. The summed E-state index contributed by atoms with van der Waals surface area (Å²) in [6.45, 7) is 3.02. The summed E-state index contributed by atoms with van der Waals surface area (Å²) in [7, 11) is 1.68. The highest BCUT2D eigenvalue weighted by Crippen LogP contribution is 2.41. The van der Waals surface area contributed by atoms with Crippen LogP contribution in [0.25, 0.3) is 21.8 Å². The van der Waals surface area contributed by atoms with Gasteiger partial charge in [-0.1, -0.05) is 50.1 Å². The topological polar surface area (TPSA) is 46.4 Å². The molecule has 0 saturated carbocycles. The van der Waals surface area contributed by atoms with Gasteiger partial charge in [0.1, 0.15) is 5.75 Å². The molecule has 3 aromatic carbocycles. The predicted molar refractivity (Wildman–Crippen MR) is 127 cm³/mol. The van der Waals surface area contributed by atoms with Crippen LogP contribution in [0.3, 0.4) is 0 Å². The number of hydrogen-bond acceptors (Lipinski definition) is 3. The SMILES string of the molecule is COc1cc(Br)c(C)c2c3cc(Br)ccc3n(CC(O)CNc3ccccc3)c12. The van der Waals surface area contributed by atoms with E-state index in [0.29, 0.717) is 13.1 Å². The van der Waals surface area contributed by atoms with Crippen molar-refractivity contribution in [3.8, 4) is 5.75 Å². The highest BCUT2D eigenvalue weighted by Gasteiger charge is 2.20. The number of ether oxygens (including phenoxy) is 1. The molecule has 4 nitrogen and oxygen atoms in total. The summed E-state index contributed by atoms with van der Waals surface area (Å²) in [5.74, 6) is 0.785. The predicted octanol–water partition coefficient (Wildman–Crippen LogP) is 6.11. The summed E-state index contributed by atoms with van der Waals surface area (Å²) in [4.78, 5) is 0. The number of hydrogen-bond donors (Lipinski definition) is 2. The molecule has 0 amide bonds. The van der Waals surface area contributed by atoms with Crippen LogP contribution in [0.1, 0.15) is 5.56 Å². The van der Waals surface area contributed by atoms with E-state index >= 15 is 0 Å². The zero-order valence-electron chi connectivity index (χ0n) is 16.2.